The van der Waals surface area contributed by atoms with Gasteiger partial charge in [0.1, 0.15) is 13.1 Å². The van der Waals surface area contributed by atoms with Crippen molar-refractivity contribution in [2.24, 2.45) is 5.10 Å². The first-order valence-corrected chi connectivity index (χ1v) is 9.74. The fourth-order valence-electron chi connectivity index (χ4n) is 3.36. The summed E-state index contributed by atoms with van der Waals surface area (Å²) in [5.41, 5.74) is 6.47. The average Bonchev–Trinajstić information content (AvgIpc) is 2.73. The van der Waals surface area contributed by atoms with Crippen LogP contribution in [-0.2, 0) is 11.3 Å². The van der Waals surface area contributed by atoms with Crippen molar-refractivity contribution in [3.05, 3.63) is 71.8 Å². The quantitative estimate of drug-likeness (QED) is 0.404. The first-order valence-electron chi connectivity index (χ1n) is 9.33. The molecule has 0 spiro atoms. The minimum absolute atomic E-state index is 0.194. The maximum absolute atomic E-state index is 5.53. The van der Waals surface area contributed by atoms with Gasteiger partial charge in [0.05, 0.1) is 18.9 Å². The topological polar surface area (TPSA) is 50.1 Å². The van der Waals surface area contributed by atoms with Crippen LogP contribution in [0.2, 0.25) is 0 Å². The van der Waals surface area contributed by atoms with Gasteiger partial charge in [-0.3, -0.25) is 5.43 Å². The van der Waals surface area contributed by atoms with Crippen LogP contribution in [0.25, 0.3) is 0 Å². The molecule has 2 aromatic rings. The van der Waals surface area contributed by atoms with Crippen LogP contribution < -0.4 is 15.6 Å². The molecule has 0 aromatic heterocycles. The molecule has 0 bridgehead atoms. The Balaban J connectivity index is 1.63. The van der Waals surface area contributed by atoms with Gasteiger partial charge >= 0.3 is 0 Å². The molecule has 5 nitrogen and oxygen atoms in total. The van der Waals surface area contributed by atoms with Crippen molar-refractivity contribution in [3.8, 4) is 0 Å². The van der Waals surface area contributed by atoms with E-state index in [1.165, 1.54) is 16.0 Å². The van der Waals surface area contributed by atoms with E-state index in [9.17, 15) is 0 Å². The molecule has 27 heavy (non-hydrogen) atoms. The molecular formula is C21H27N4OS+. The minimum Gasteiger partial charge on any atom is -0.370 e. The Kier molecular flexibility index (Phi) is 7.33. The molecule has 0 amide bonds. The number of quaternary nitrogens is 1. The summed E-state index contributed by atoms with van der Waals surface area (Å²) >= 11 is 5.38. The number of morpholine rings is 1. The van der Waals surface area contributed by atoms with Crippen LogP contribution in [0.3, 0.4) is 0 Å². The molecule has 0 radical (unpaired) electrons. The van der Waals surface area contributed by atoms with Gasteiger partial charge in [-0.05, 0) is 24.7 Å². The summed E-state index contributed by atoms with van der Waals surface area (Å²) in [4.78, 5) is 1.47. The molecule has 1 fully saturated rings. The smallest absolute Gasteiger partial charge is 0.187 e. The Bertz CT molecular complexity index is 745. The highest BCUT2D eigenvalue weighted by molar-refractivity contribution is 7.80. The third kappa shape index (κ3) is 5.85. The zero-order valence-corrected chi connectivity index (χ0v) is 16.5. The standard InChI is InChI=1S/C21H26N4OS/c1-17(23-24-21(27)22-16-18-8-4-2-5-9-18)20(19-10-6-3-7-11-19)25-12-14-26-15-13-25/h2-11,20H,12-16H2,1H3,(H2,22,24,27)/p+1/b23-17-/t20-/m1/s1. The fourth-order valence-corrected chi connectivity index (χ4v) is 3.48. The molecule has 0 saturated carbocycles. The molecule has 1 aliphatic heterocycles. The lowest BCUT2D eigenvalue weighted by molar-refractivity contribution is -0.928. The first kappa shape index (κ1) is 19.5. The van der Waals surface area contributed by atoms with Crippen LogP contribution in [0, 0.1) is 0 Å². The van der Waals surface area contributed by atoms with Gasteiger partial charge in [-0.1, -0.05) is 60.7 Å². The van der Waals surface area contributed by atoms with Gasteiger partial charge in [-0.15, -0.1) is 0 Å². The number of hydrogen-bond donors (Lipinski definition) is 3. The highest BCUT2D eigenvalue weighted by atomic mass is 32.1. The van der Waals surface area contributed by atoms with E-state index < -0.39 is 0 Å². The van der Waals surface area contributed by atoms with Gasteiger partial charge in [0.15, 0.2) is 11.2 Å². The van der Waals surface area contributed by atoms with E-state index >= 15 is 0 Å². The third-order valence-electron chi connectivity index (χ3n) is 4.72. The van der Waals surface area contributed by atoms with Gasteiger partial charge in [0.25, 0.3) is 0 Å². The average molecular weight is 384 g/mol. The zero-order chi connectivity index (χ0) is 18.9. The molecular weight excluding hydrogens is 356 g/mol. The number of nitrogens with zero attached hydrogens (tertiary/aromatic N) is 1. The first-order chi connectivity index (χ1) is 13.2. The van der Waals surface area contributed by atoms with Crippen molar-refractivity contribution in [1.29, 1.82) is 0 Å². The fraction of sp³-hybridized carbons (Fsp3) is 0.333. The molecule has 1 heterocycles. The molecule has 1 aliphatic rings. The Hall–Kier alpha value is -2.28. The maximum atomic E-state index is 5.53. The molecule has 0 aliphatic carbocycles. The van der Waals surface area contributed by atoms with Crippen LogP contribution in [0.4, 0.5) is 0 Å². The summed E-state index contributed by atoms with van der Waals surface area (Å²) in [6, 6.07) is 20.9. The number of nitrogens with one attached hydrogen (secondary N) is 3. The summed E-state index contributed by atoms with van der Waals surface area (Å²) in [5, 5.41) is 8.32. The van der Waals surface area contributed by atoms with Crippen LogP contribution in [0.5, 0.6) is 0 Å². The second kappa shape index (κ2) is 10.2. The molecule has 1 atom stereocenters. The van der Waals surface area contributed by atoms with E-state index in [0.29, 0.717) is 11.7 Å². The zero-order valence-electron chi connectivity index (χ0n) is 15.7. The van der Waals surface area contributed by atoms with Crippen LogP contribution in [-0.4, -0.2) is 37.1 Å². The lowest BCUT2D eigenvalue weighted by Crippen LogP contribution is -3.15. The lowest BCUT2D eigenvalue weighted by Gasteiger charge is -2.31. The van der Waals surface area contributed by atoms with E-state index in [2.05, 4.69) is 59.2 Å². The largest absolute Gasteiger partial charge is 0.370 e. The molecule has 2 aromatic carbocycles. The monoisotopic (exact) mass is 383 g/mol. The summed E-state index contributed by atoms with van der Waals surface area (Å²) in [6.07, 6.45) is 0. The summed E-state index contributed by atoms with van der Waals surface area (Å²) in [7, 11) is 0. The molecule has 142 valence electrons. The third-order valence-corrected chi connectivity index (χ3v) is 4.96. The Morgan fingerprint density at radius 1 is 1.07 bits per heavy atom. The second-order valence-electron chi connectivity index (χ2n) is 6.65. The molecule has 6 heteroatoms. The number of ether oxygens (including phenoxy) is 1. The van der Waals surface area contributed by atoms with Crippen molar-refractivity contribution >= 4 is 23.0 Å². The number of thiocarbonyl (C=S) groups is 1. The van der Waals surface area contributed by atoms with E-state index in [4.69, 9.17) is 17.0 Å². The lowest BCUT2D eigenvalue weighted by atomic mass is 10.0. The van der Waals surface area contributed by atoms with E-state index in [-0.39, 0.29) is 6.04 Å². The molecule has 3 N–H and O–H groups in total. The molecule has 3 rings (SSSR count). The van der Waals surface area contributed by atoms with Crippen molar-refractivity contribution in [2.75, 3.05) is 26.3 Å². The Labute approximate surface area is 166 Å². The van der Waals surface area contributed by atoms with E-state index in [1.54, 1.807) is 0 Å². The molecule has 1 saturated heterocycles. The minimum atomic E-state index is 0.194. The SMILES string of the molecule is C/C(=N/NC(=S)NCc1ccccc1)[C@H](c1ccccc1)[NH+]1CCOCC1. The van der Waals surface area contributed by atoms with Gasteiger partial charge in [-0.2, -0.15) is 5.10 Å². The summed E-state index contributed by atoms with van der Waals surface area (Å²) in [5.74, 6) is 0. The van der Waals surface area contributed by atoms with Gasteiger partial charge < -0.3 is 15.0 Å². The number of benzene rings is 2. The predicted octanol–water partition coefficient (Wildman–Crippen LogP) is 1.68. The highest BCUT2D eigenvalue weighted by Crippen LogP contribution is 2.12. The second-order valence-corrected chi connectivity index (χ2v) is 7.06. The van der Waals surface area contributed by atoms with E-state index in [0.717, 1.165) is 32.0 Å². The van der Waals surface area contributed by atoms with Crippen LogP contribution in [0.15, 0.2) is 65.8 Å². The van der Waals surface area contributed by atoms with Crippen molar-refractivity contribution in [3.63, 3.8) is 0 Å². The summed E-state index contributed by atoms with van der Waals surface area (Å²) in [6.45, 7) is 6.27. The Morgan fingerprint density at radius 3 is 2.37 bits per heavy atom. The predicted molar refractivity (Wildman–Crippen MR) is 113 cm³/mol. The van der Waals surface area contributed by atoms with Gasteiger partial charge in [0, 0.05) is 12.1 Å². The van der Waals surface area contributed by atoms with Crippen LogP contribution in [0.1, 0.15) is 24.1 Å². The Morgan fingerprint density at radius 2 is 1.70 bits per heavy atom. The van der Waals surface area contributed by atoms with Gasteiger partial charge in [0.2, 0.25) is 0 Å². The number of rotatable bonds is 6. The van der Waals surface area contributed by atoms with Crippen molar-refractivity contribution in [1.82, 2.24) is 10.7 Å². The number of hydrazone groups is 1. The molecule has 0 unspecified atom stereocenters. The summed E-state index contributed by atoms with van der Waals surface area (Å²) < 4.78 is 5.53. The van der Waals surface area contributed by atoms with E-state index in [1.807, 2.05) is 24.3 Å². The van der Waals surface area contributed by atoms with Crippen molar-refractivity contribution < 1.29 is 9.64 Å². The van der Waals surface area contributed by atoms with Gasteiger partial charge in [-0.25, -0.2) is 0 Å². The highest BCUT2D eigenvalue weighted by Gasteiger charge is 2.28. The number of hydrogen-bond acceptors (Lipinski definition) is 3. The normalized spacial score (nSPS) is 16.6. The van der Waals surface area contributed by atoms with Crippen molar-refractivity contribution in [2.45, 2.75) is 19.5 Å². The maximum Gasteiger partial charge on any atom is 0.187 e. The van der Waals surface area contributed by atoms with Crippen LogP contribution >= 0.6 is 12.2 Å².